The normalized spacial score (nSPS) is 12.9. The number of imidazole rings is 1. The first kappa shape index (κ1) is 15.8. The minimum absolute atomic E-state index is 0.0180. The standard InChI is InChI=1S/C10H17Cl2N3O2S/c1-4-10(6-11,7-12)14-18(16,17)9-5-15(3)8(2)13-9/h5,14H,4,6-7H2,1-3H3. The Morgan fingerprint density at radius 3 is 2.33 bits per heavy atom. The van der Waals surface area contributed by atoms with Gasteiger partial charge in [0.15, 0.2) is 5.03 Å². The lowest BCUT2D eigenvalue weighted by Crippen LogP contribution is -2.51. The fourth-order valence-corrected chi connectivity index (χ4v) is 3.81. The second-order valence-corrected chi connectivity index (χ2v) is 6.41. The summed E-state index contributed by atoms with van der Waals surface area (Å²) in [5.41, 5.74) is -0.840. The van der Waals surface area contributed by atoms with Gasteiger partial charge in [-0.15, -0.1) is 23.2 Å². The maximum absolute atomic E-state index is 12.2. The Kier molecular flexibility index (Phi) is 5.05. The summed E-state index contributed by atoms with van der Waals surface area (Å²) in [6.07, 6.45) is 1.96. The van der Waals surface area contributed by atoms with E-state index in [4.69, 9.17) is 23.2 Å². The Hall–Kier alpha value is -0.300. The fraction of sp³-hybridized carbons (Fsp3) is 0.700. The predicted octanol–water partition coefficient (Wildman–Crippen LogP) is 1.63. The Balaban J connectivity index is 3.08. The molecule has 0 saturated carbocycles. The number of alkyl halides is 2. The van der Waals surface area contributed by atoms with Gasteiger partial charge < -0.3 is 4.57 Å². The highest BCUT2D eigenvalue weighted by atomic mass is 35.5. The molecule has 1 rings (SSSR count). The van der Waals surface area contributed by atoms with Gasteiger partial charge in [-0.05, 0) is 13.3 Å². The minimum atomic E-state index is -3.71. The van der Waals surface area contributed by atoms with Crippen molar-refractivity contribution < 1.29 is 8.42 Å². The molecule has 0 amide bonds. The summed E-state index contributed by atoms with van der Waals surface area (Å²) >= 11 is 11.6. The van der Waals surface area contributed by atoms with Crippen LogP contribution in [0, 0.1) is 6.92 Å². The van der Waals surface area contributed by atoms with Crippen molar-refractivity contribution in [1.82, 2.24) is 14.3 Å². The van der Waals surface area contributed by atoms with Gasteiger partial charge in [-0.2, -0.15) is 0 Å². The minimum Gasteiger partial charge on any atom is -0.337 e. The van der Waals surface area contributed by atoms with E-state index in [1.165, 1.54) is 6.20 Å². The average molecular weight is 314 g/mol. The number of aromatic nitrogens is 2. The average Bonchev–Trinajstić information content (AvgIpc) is 2.68. The number of sulfonamides is 1. The van der Waals surface area contributed by atoms with Crippen LogP contribution in [0.4, 0.5) is 0 Å². The molecule has 18 heavy (non-hydrogen) atoms. The molecule has 1 N–H and O–H groups in total. The second-order valence-electron chi connectivity index (χ2n) is 4.24. The molecule has 8 heteroatoms. The fourth-order valence-electron chi connectivity index (χ4n) is 1.34. The van der Waals surface area contributed by atoms with E-state index in [1.54, 1.807) is 18.5 Å². The van der Waals surface area contributed by atoms with Crippen LogP contribution in [-0.2, 0) is 17.1 Å². The van der Waals surface area contributed by atoms with E-state index in [2.05, 4.69) is 9.71 Å². The van der Waals surface area contributed by atoms with Gasteiger partial charge in [0.1, 0.15) is 5.82 Å². The number of hydrogen-bond acceptors (Lipinski definition) is 3. The highest BCUT2D eigenvalue weighted by Crippen LogP contribution is 2.19. The summed E-state index contributed by atoms with van der Waals surface area (Å²) in [4.78, 5) is 4.00. The van der Waals surface area contributed by atoms with Crippen LogP contribution in [0.1, 0.15) is 19.2 Å². The van der Waals surface area contributed by atoms with Gasteiger partial charge in [0, 0.05) is 25.0 Å². The number of rotatable bonds is 6. The van der Waals surface area contributed by atoms with Crippen molar-refractivity contribution in [1.29, 1.82) is 0 Å². The lowest BCUT2D eigenvalue weighted by molar-refractivity contribution is 0.448. The van der Waals surface area contributed by atoms with E-state index in [0.717, 1.165) is 0 Å². The van der Waals surface area contributed by atoms with Crippen LogP contribution in [-0.4, -0.2) is 35.3 Å². The van der Waals surface area contributed by atoms with E-state index in [1.807, 2.05) is 6.92 Å². The Labute approximate surface area is 118 Å². The smallest absolute Gasteiger partial charge is 0.260 e. The summed E-state index contributed by atoms with van der Waals surface area (Å²) < 4.78 is 28.6. The van der Waals surface area contributed by atoms with Crippen LogP contribution in [0.25, 0.3) is 0 Å². The van der Waals surface area contributed by atoms with Gasteiger partial charge in [-0.3, -0.25) is 0 Å². The van der Waals surface area contributed by atoms with Gasteiger partial charge in [0.2, 0.25) is 0 Å². The summed E-state index contributed by atoms with van der Waals surface area (Å²) in [6, 6.07) is 0. The largest absolute Gasteiger partial charge is 0.337 e. The lowest BCUT2D eigenvalue weighted by Gasteiger charge is -2.28. The molecule has 0 aliphatic heterocycles. The van der Waals surface area contributed by atoms with Crippen LogP contribution < -0.4 is 4.72 Å². The third-order valence-electron chi connectivity index (χ3n) is 2.90. The zero-order chi connectivity index (χ0) is 14.0. The molecule has 0 fully saturated rings. The highest BCUT2D eigenvalue weighted by molar-refractivity contribution is 7.89. The molecule has 5 nitrogen and oxygen atoms in total. The second kappa shape index (κ2) is 5.77. The van der Waals surface area contributed by atoms with E-state index in [0.29, 0.717) is 12.2 Å². The van der Waals surface area contributed by atoms with Crippen LogP contribution in [0.3, 0.4) is 0 Å². The number of halogens is 2. The first-order valence-electron chi connectivity index (χ1n) is 5.46. The molecule has 0 aromatic carbocycles. The van der Waals surface area contributed by atoms with Gasteiger partial charge in [-0.25, -0.2) is 18.1 Å². The van der Waals surface area contributed by atoms with Crippen molar-refractivity contribution in [3.05, 3.63) is 12.0 Å². The molecule has 1 aromatic rings. The van der Waals surface area contributed by atoms with Gasteiger partial charge in [0.05, 0.1) is 5.54 Å². The molecule has 104 valence electrons. The van der Waals surface area contributed by atoms with Crippen molar-refractivity contribution in [2.24, 2.45) is 7.05 Å². The zero-order valence-electron chi connectivity index (χ0n) is 10.6. The lowest BCUT2D eigenvalue weighted by atomic mass is 10.0. The van der Waals surface area contributed by atoms with Crippen molar-refractivity contribution in [3.8, 4) is 0 Å². The van der Waals surface area contributed by atoms with Crippen LogP contribution >= 0.6 is 23.2 Å². The highest BCUT2D eigenvalue weighted by Gasteiger charge is 2.33. The first-order chi connectivity index (χ1) is 8.30. The molecule has 0 aliphatic rings. The molecule has 0 radical (unpaired) electrons. The Bertz CT molecular complexity index is 481. The van der Waals surface area contributed by atoms with Crippen LogP contribution in [0.2, 0.25) is 0 Å². The van der Waals surface area contributed by atoms with E-state index in [9.17, 15) is 8.42 Å². The van der Waals surface area contributed by atoms with Crippen molar-refractivity contribution in [3.63, 3.8) is 0 Å². The molecular formula is C10H17Cl2N3O2S. The molecule has 1 heterocycles. The summed E-state index contributed by atoms with van der Waals surface area (Å²) in [6.45, 7) is 3.56. The topological polar surface area (TPSA) is 64.0 Å². The van der Waals surface area contributed by atoms with Crippen molar-refractivity contribution in [2.75, 3.05) is 11.8 Å². The molecule has 0 unspecified atom stereocenters. The molecule has 0 atom stereocenters. The number of nitrogens with one attached hydrogen (secondary N) is 1. The Morgan fingerprint density at radius 1 is 1.44 bits per heavy atom. The van der Waals surface area contributed by atoms with E-state index in [-0.39, 0.29) is 16.8 Å². The molecule has 0 aliphatic carbocycles. The summed E-state index contributed by atoms with van der Waals surface area (Å²) in [5.74, 6) is 0.838. The predicted molar refractivity (Wildman–Crippen MR) is 72.7 cm³/mol. The van der Waals surface area contributed by atoms with Crippen molar-refractivity contribution in [2.45, 2.75) is 30.8 Å². The van der Waals surface area contributed by atoms with Crippen molar-refractivity contribution >= 4 is 33.2 Å². The van der Waals surface area contributed by atoms with Crippen LogP contribution in [0.15, 0.2) is 11.2 Å². The molecule has 1 aromatic heterocycles. The van der Waals surface area contributed by atoms with E-state index >= 15 is 0 Å². The number of hydrogen-bond donors (Lipinski definition) is 1. The SMILES string of the molecule is CCC(CCl)(CCl)NS(=O)(=O)c1cn(C)c(C)n1. The Morgan fingerprint density at radius 2 is 2.00 bits per heavy atom. The maximum Gasteiger partial charge on any atom is 0.260 e. The van der Waals surface area contributed by atoms with Gasteiger partial charge >= 0.3 is 0 Å². The molecule has 0 bridgehead atoms. The van der Waals surface area contributed by atoms with Crippen LogP contribution in [0.5, 0.6) is 0 Å². The summed E-state index contributed by atoms with van der Waals surface area (Å²) in [5, 5.41) is -0.0180. The number of nitrogens with zero attached hydrogens (tertiary/aromatic N) is 2. The zero-order valence-corrected chi connectivity index (χ0v) is 12.9. The third-order valence-corrected chi connectivity index (χ3v) is 5.37. The summed E-state index contributed by atoms with van der Waals surface area (Å²) in [7, 11) is -1.97. The first-order valence-corrected chi connectivity index (χ1v) is 8.01. The molecular weight excluding hydrogens is 297 g/mol. The third kappa shape index (κ3) is 3.17. The van der Waals surface area contributed by atoms with E-state index < -0.39 is 15.6 Å². The van der Waals surface area contributed by atoms with Gasteiger partial charge in [-0.1, -0.05) is 6.92 Å². The molecule has 0 spiro atoms. The number of aryl methyl sites for hydroxylation is 2. The van der Waals surface area contributed by atoms with Gasteiger partial charge in [0.25, 0.3) is 10.0 Å². The monoisotopic (exact) mass is 313 g/mol. The molecule has 0 saturated heterocycles. The quantitative estimate of drug-likeness (QED) is 0.812. The maximum atomic E-state index is 12.2.